The standard InChI is InChI=1S/C10H12N4O2/c11-6-1-2-7-8(5-6)16-10(14-7)13-4-3-9(12)15/h1-2,5H,3-4,11H2,(H2,12,15)(H,13,14). The molecule has 16 heavy (non-hydrogen) atoms. The van der Waals surface area contributed by atoms with E-state index in [9.17, 15) is 4.79 Å². The van der Waals surface area contributed by atoms with Gasteiger partial charge in [-0.05, 0) is 12.1 Å². The van der Waals surface area contributed by atoms with Gasteiger partial charge in [0, 0.05) is 24.7 Å². The first kappa shape index (κ1) is 10.3. The third-order valence-corrected chi connectivity index (χ3v) is 2.06. The highest BCUT2D eigenvalue weighted by Gasteiger charge is 2.05. The van der Waals surface area contributed by atoms with Gasteiger partial charge in [-0.3, -0.25) is 4.79 Å². The van der Waals surface area contributed by atoms with E-state index >= 15 is 0 Å². The number of primary amides is 1. The van der Waals surface area contributed by atoms with Crippen molar-refractivity contribution >= 4 is 28.7 Å². The molecule has 5 N–H and O–H groups in total. The molecule has 1 aromatic carbocycles. The van der Waals surface area contributed by atoms with Crippen LogP contribution in [0.15, 0.2) is 22.6 Å². The third kappa shape index (κ3) is 2.22. The van der Waals surface area contributed by atoms with Gasteiger partial charge in [0.05, 0.1) is 0 Å². The molecule has 0 spiro atoms. The average molecular weight is 220 g/mol. The highest BCUT2D eigenvalue weighted by molar-refractivity contribution is 5.78. The van der Waals surface area contributed by atoms with Gasteiger partial charge in [-0.2, -0.15) is 4.98 Å². The summed E-state index contributed by atoms with van der Waals surface area (Å²) >= 11 is 0. The lowest BCUT2D eigenvalue weighted by atomic mass is 10.3. The van der Waals surface area contributed by atoms with Gasteiger partial charge in [-0.25, -0.2) is 0 Å². The zero-order valence-electron chi connectivity index (χ0n) is 8.56. The Morgan fingerprint density at radius 2 is 2.31 bits per heavy atom. The Bertz CT molecular complexity index is 521. The summed E-state index contributed by atoms with van der Waals surface area (Å²) in [5.41, 5.74) is 12.6. The highest BCUT2D eigenvalue weighted by atomic mass is 16.4. The Morgan fingerprint density at radius 3 is 3.06 bits per heavy atom. The van der Waals surface area contributed by atoms with Crippen molar-refractivity contribution in [1.29, 1.82) is 0 Å². The quantitative estimate of drug-likeness (QED) is 0.657. The van der Waals surface area contributed by atoms with Crippen molar-refractivity contribution in [2.24, 2.45) is 5.73 Å². The van der Waals surface area contributed by atoms with Crippen molar-refractivity contribution < 1.29 is 9.21 Å². The van der Waals surface area contributed by atoms with Crippen LogP contribution in [0.3, 0.4) is 0 Å². The van der Waals surface area contributed by atoms with Crippen molar-refractivity contribution in [1.82, 2.24) is 4.98 Å². The minimum absolute atomic E-state index is 0.237. The summed E-state index contributed by atoms with van der Waals surface area (Å²) in [5, 5.41) is 2.87. The first-order valence-corrected chi connectivity index (χ1v) is 4.83. The van der Waals surface area contributed by atoms with Crippen molar-refractivity contribution in [2.75, 3.05) is 17.6 Å². The molecule has 0 atom stereocenters. The van der Waals surface area contributed by atoms with Crippen LogP contribution in [0.25, 0.3) is 11.1 Å². The van der Waals surface area contributed by atoms with Crippen LogP contribution in [0.4, 0.5) is 11.7 Å². The van der Waals surface area contributed by atoms with Gasteiger partial charge in [0.2, 0.25) is 5.91 Å². The molecule has 0 radical (unpaired) electrons. The lowest BCUT2D eigenvalue weighted by Gasteiger charge is -1.97. The highest BCUT2D eigenvalue weighted by Crippen LogP contribution is 2.20. The van der Waals surface area contributed by atoms with E-state index in [1.165, 1.54) is 0 Å². The van der Waals surface area contributed by atoms with Gasteiger partial charge < -0.3 is 21.2 Å². The van der Waals surface area contributed by atoms with E-state index in [0.29, 0.717) is 23.8 Å². The average Bonchev–Trinajstić information content (AvgIpc) is 2.58. The monoisotopic (exact) mass is 220 g/mol. The molecule has 1 aromatic heterocycles. The van der Waals surface area contributed by atoms with Crippen molar-refractivity contribution in [3.05, 3.63) is 18.2 Å². The van der Waals surface area contributed by atoms with E-state index in [1.807, 2.05) is 0 Å². The summed E-state index contributed by atoms with van der Waals surface area (Å²) in [6.45, 7) is 0.400. The fourth-order valence-electron chi connectivity index (χ4n) is 1.31. The number of fused-ring (bicyclic) bond motifs is 1. The number of amides is 1. The molecule has 84 valence electrons. The molecule has 1 heterocycles. The lowest BCUT2D eigenvalue weighted by Crippen LogP contribution is -2.15. The number of carbonyl (C=O) groups is 1. The van der Waals surface area contributed by atoms with Crippen LogP contribution in [0, 0.1) is 0 Å². The summed E-state index contributed by atoms with van der Waals surface area (Å²) in [7, 11) is 0. The molecule has 6 heteroatoms. The molecule has 1 amide bonds. The Labute approximate surface area is 91.6 Å². The van der Waals surface area contributed by atoms with E-state index in [0.717, 1.165) is 5.52 Å². The van der Waals surface area contributed by atoms with Crippen LogP contribution in [0.2, 0.25) is 0 Å². The Balaban J connectivity index is 2.10. The first-order valence-electron chi connectivity index (χ1n) is 4.83. The molecule has 6 nitrogen and oxygen atoms in total. The number of nitrogens with zero attached hydrogens (tertiary/aromatic N) is 1. The van der Waals surface area contributed by atoms with Crippen LogP contribution < -0.4 is 16.8 Å². The molecule has 2 aromatic rings. The number of hydrogen-bond donors (Lipinski definition) is 3. The van der Waals surface area contributed by atoms with Crippen LogP contribution in [0.1, 0.15) is 6.42 Å². The van der Waals surface area contributed by atoms with Crippen LogP contribution >= 0.6 is 0 Å². The van der Waals surface area contributed by atoms with Gasteiger partial charge in [-0.15, -0.1) is 0 Å². The summed E-state index contributed by atoms with van der Waals surface area (Å²) in [5.74, 6) is -0.368. The second-order valence-electron chi connectivity index (χ2n) is 3.39. The van der Waals surface area contributed by atoms with Gasteiger partial charge in [0.25, 0.3) is 6.01 Å². The summed E-state index contributed by atoms with van der Waals surface area (Å²) in [6, 6.07) is 5.58. The van der Waals surface area contributed by atoms with E-state index in [1.54, 1.807) is 18.2 Å². The summed E-state index contributed by atoms with van der Waals surface area (Å²) < 4.78 is 5.38. The van der Waals surface area contributed by atoms with E-state index in [-0.39, 0.29) is 12.3 Å². The molecule has 0 saturated carbocycles. The van der Waals surface area contributed by atoms with Crippen molar-refractivity contribution in [2.45, 2.75) is 6.42 Å². The zero-order chi connectivity index (χ0) is 11.5. The molecule has 0 saturated heterocycles. The lowest BCUT2D eigenvalue weighted by molar-refractivity contribution is -0.117. The maximum atomic E-state index is 10.5. The molecular formula is C10H12N4O2. The number of rotatable bonds is 4. The number of benzene rings is 1. The number of oxazole rings is 1. The first-order chi connectivity index (χ1) is 7.65. The molecule has 0 aliphatic heterocycles. The van der Waals surface area contributed by atoms with Gasteiger partial charge >= 0.3 is 0 Å². The van der Waals surface area contributed by atoms with E-state index in [4.69, 9.17) is 15.9 Å². The van der Waals surface area contributed by atoms with Crippen LogP contribution in [-0.4, -0.2) is 17.4 Å². The smallest absolute Gasteiger partial charge is 0.295 e. The Morgan fingerprint density at radius 1 is 1.50 bits per heavy atom. The fourth-order valence-corrected chi connectivity index (χ4v) is 1.31. The molecule has 0 unspecified atom stereocenters. The molecule has 0 fully saturated rings. The second kappa shape index (κ2) is 4.09. The second-order valence-corrected chi connectivity index (χ2v) is 3.39. The number of hydrogen-bond acceptors (Lipinski definition) is 5. The number of nitrogens with two attached hydrogens (primary N) is 2. The van der Waals surface area contributed by atoms with Crippen molar-refractivity contribution in [3.8, 4) is 0 Å². The number of carbonyl (C=O) groups excluding carboxylic acids is 1. The molecular weight excluding hydrogens is 208 g/mol. The number of anilines is 2. The Kier molecular flexibility index (Phi) is 2.63. The molecule has 0 aliphatic carbocycles. The minimum Gasteiger partial charge on any atom is -0.423 e. The Hall–Kier alpha value is -2.24. The SMILES string of the molecule is NC(=O)CCNc1nc2ccc(N)cc2o1. The number of nitrogen functional groups attached to an aromatic ring is 1. The minimum atomic E-state index is -0.368. The largest absolute Gasteiger partial charge is 0.423 e. The zero-order valence-corrected chi connectivity index (χ0v) is 8.56. The van der Waals surface area contributed by atoms with E-state index < -0.39 is 0 Å². The van der Waals surface area contributed by atoms with Crippen LogP contribution in [0.5, 0.6) is 0 Å². The predicted molar refractivity (Wildman–Crippen MR) is 60.7 cm³/mol. The van der Waals surface area contributed by atoms with E-state index in [2.05, 4.69) is 10.3 Å². The fraction of sp³-hybridized carbons (Fsp3) is 0.200. The normalized spacial score (nSPS) is 10.5. The summed E-state index contributed by atoms with van der Waals surface area (Å²) in [6.07, 6.45) is 0.237. The maximum absolute atomic E-state index is 10.5. The van der Waals surface area contributed by atoms with Gasteiger partial charge in [0.15, 0.2) is 5.58 Å². The maximum Gasteiger partial charge on any atom is 0.295 e. The van der Waals surface area contributed by atoms with Crippen LogP contribution in [-0.2, 0) is 4.79 Å². The number of aromatic nitrogens is 1. The van der Waals surface area contributed by atoms with Gasteiger partial charge in [0.1, 0.15) is 5.52 Å². The molecule has 2 rings (SSSR count). The molecule has 0 aliphatic rings. The predicted octanol–water partition coefficient (Wildman–Crippen LogP) is 0.697. The van der Waals surface area contributed by atoms with Gasteiger partial charge in [-0.1, -0.05) is 0 Å². The van der Waals surface area contributed by atoms with Crippen molar-refractivity contribution in [3.63, 3.8) is 0 Å². The topological polar surface area (TPSA) is 107 Å². The molecule has 0 bridgehead atoms. The third-order valence-electron chi connectivity index (χ3n) is 2.06. The number of nitrogens with one attached hydrogen (secondary N) is 1. The summed E-state index contributed by atoms with van der Waals surface area (Å²) in [4.78, 5) is 14.7.